The van der Waals surface area contributed by atoms with Gasteiger partial charge in [0.1, 0.15) is 0 Å². The molecule has 0 saturated carbocycles. The third-order valence-electron chi connectivity index (χ3n) is 1.81. The first-order chi connectivity index (χ1) is 6.59. The third-order valence-corrected chi connectivity index (χ3v) is 1.81. The minimum Gasteiger partial charge on any atom is -0.475 e. The fourth-order valence-corrected chi connectivity index (χ4v) is 1.14. The highest BCUT2D eigenvalue weighted by Gasteiger charge is 2.13. The van der Waals surface area contributed by atoms with Crippen molar-refractivity contribution < 1.29 is 14.3 Å². The molecule has 0 radical (unpaired) electrons. The number of aromatic carboxylic acids is 1. The molecule has 2 aromatic heterocycles. The molecular formula is C8H6N2O4. The first kappa shape index (κ1) is 8.36. The first-order valence-electron chi connectivity index (χ1n) is 3.73. The Morgan fingerprint density at radius 3 is 2.93 bits per heavy atom. The van der Waals surface area contributed by atoms with Gasteiger partial charge in [-0.05, 0) is 0 Å². The minimum atomic E-state index is -1.23. The van der Waals surface area contributed by atoms with Crippen LogP contribution in [0.5, 0.6) is 0 Å². The quantitative estimate of drug-likeness (QED) is 0.608. The molecule has 0 unspecified atom stereocenters. The van der Waals surface area contributed by atoms with Crippen LogP contribution in [-0.4, -0.2) is 16.1 Å². The van der Waals surface area contributed by atoms with Crippen LogP contribution in [0.2, 0.25) is 0 Å². The molecule has 72 valence electrons. The van der Waals surface area contributed by atoms with Crippen molar-refractivity contribution in [3.8, 4) is 0 Å². The number of carboxylic acid groups (broad SMARTS) is 1. The summed E-state index contributed by atoms with van der Waals surface area (Å²) in [5.74, 6) is -1.52. The molecule has 0 aromatic carbocycles. The van der Waals surface area contributed by atoms with Gasteiger partial charge in [0.05, 0.1) is 11.1 Å². The lowest BCUT2D eigenvalue weighted by atomic mass is 10.3. The van der Waals surface area contributed by atoms with E-state index in [0.29, 0.717) is 0 Å². The van der Waals surface area contributed by atoms with Gasteiger partial charge in [0.15, 0.2) is 0 Å². The van der Waals surface area contributed by atoms with Crippen molar-refractivity contribution in [2.75, 3.05) is 5.73 Å². The molecule has 0 amide bonds. The van der Waals surface area contributed by atoms with Gasteiger partial charge in [0, 0.05) is 12.3 Å². The Labute approximate surface area is 76.9 Å². The number of pyridine rings is 1. The zero-order valence-electron chi connectivity index (χ0n) is 6.90. The van der Waals surface area contributed by atoms with Crippen LogP contribution in [0.4, 0.5) is 5.69 Å². The number of rotatable bonds is 1. The maximum absolute atomic E-state index is 11.4. The normalized spacial score (nSPS) is 10.6. The molecule has 4 N–H and O–H groups in total. The lowest BCUT2D eigenvalue weighted by Gasteiger charge is -1.90. The van der Waals surface area contributed by atoms with Gasteiger partial charge in [-0.1, -0.05) is 0 Å². The summed E-state index contributed by atoms with van der Waals surface area (Å²) in [6, 6.07) is 1.15. The lowest BCUT2D eigenvalue weighted by Crippen LogP contribution is -2.07. The van der Waals surface area contributed by atoms with Gasteiger partial charge in [-0.3, -0.25) is 4.79 Å². The third kappa shape index (κ3) is 1.05. The molecule has 6 nitrogen and oxygen atoms in total. The van der Waals surface area contributed by atoms with Crippen molar-refractivity contribution in [3.63, 3.8) is 0 Å². The van der Waals surface area contributed by atoms with Crippen molar-refractivity contribution in [1.29, 1.82) is 0 Å². The molecule has 0 atom stereocenters. The maximum atomic E-state index is 11.4. The number of nitrogen functional groups attached to an aromatic ring is 1. The van der Waals surface area contributed by atoms with Crippen LogP contribution in [0.1, 0.15) is 10.6 Å². The average molecular weight is 194 g/mol. The molecule has 0 aliphatic carbocycles. The molecule has 0 aliphatic heterocycles. The topological polar surface area (TPSA) is 109 Å². The number of carbonyl (C=O) groups is 1. The molecular weight excluding hydrogens is 188 g/mol. The first-order valence-corrected chi connectivity index (χ1v) is 3.73. The highest BCUT2D eigenvalue weighted by Crippen LogP contribution is 2.14. The van der Waals surface area contributed by atoms with Gasteiger partial charge in [0.25, 0.3) is 0 Å². The average Bonchev–Trinajstić information content (AvgIpc) is 2.56. The molecule has 14 heavy (non-hydrogen) atoms. The molecule has 0 fully saturated rings. The van der Waals surface area contributed by atoms with Gasteiger partial charge in [0.2, 0.25) is 16.9 Å². The molecule has 0 saturated heterocycles. The Kier molecular flexibility index (Phi) is 1.57. The van der Waals surface area contributed by atoms with E-state index in [0.717, 1.165) is 6.07 Å². The van der Waals surface area contributed by atoms with E-state index in [-0.39, 0.29) is 22.5 Å². The number of furan rings is 1. The Bertz CT molecular complexity index is 566. The smallest absolute Gasteiger partial charge is 0.371 e. The fraction of sp³-hybridized carbons (Fsp3) is 0. The highest BCUT2D eigenvalue weighted by molar-refractivity contribution is 5.90. The van der Waals surface area contributed by atoms with Gasteiger partial charge >= 0.3 is 5.97 Å². The molecule has 2 heterocycles. The lowest BCUT2D eigenvalue weighted by molar-refractivity contribution is 0.0664. The van der Waals surface area contributed by atoms with Crippen LogP contribution in [0.3, 0.4) is 0 Å². The number of aromatic amines is 1. The molecule has 0 aliphatic rings. The SMILES string of the molecule is Nc1c[nH]c2oc(C(=O)O)cc2c1=O. The number of aromatic nitrogens is 1. The summed E-state index contributed by atoms with van der Waals surface area (Å²) in [6.07, 6.45) is 1.26. The van der Waals surface area contributed by atoms with Crippen LogP contribution >= 0.6 is 0 Å². The summed E-state index contributed by atoms with van der Waals surface area (Å²) in [5.41, 5.74) is 5.04. The van der Waals surface area contributed by atoms with E-state index in [1.54, 1.807) is 0 Å². The van der Waals surface area contributed by atoms with Crippen molar-refractivity contribution in [3.05, 3.63) is 28.2 Å². The van der Waals surface area contributed by atoms with Crippen LogP contribution < -0.4 is 11.2 Å². The van der Waals surface area contributed by atoms with Gasteiger partial charge < -0.3 is 20.2 Å². The number of hydrogen-bond acceptors (Lipinski definition) is 4. The molecule has 0 bridgehead atoms. The van der Waals surface area contributed by atoms with Gasteiger partial charge in [-0.2, -0.15) is 0 Å². The van der Waals surface area contributed by atoms with Crippen molar-refractivity contribution in [2.45, 2.75) is 0 Å². The Hall–Kier alpha value is -2.24. The summed E-state index contributed by atoms with van der Waals surface area (Å²) in [7, 11) is 0. The number of hydrogen-bond donors (Lipinski definition) is 3. The molecule has 6 heteroatoms. The van der Waals surface area contributed by atoms with E-state index in [1.165, 1.54) is 6.20 Å². The predicted octanol–water partition coefficient (Wildman–Crippen LogP) is 0.402. The van der Waals surface area contributed by atoms with Crippen molar-refractivity contribution in [2.24, 2.45) is 0 Å². The van der Waals surface area contributed by atoms with Crippen LogP contribution in [0, 0.1) is 0 Å². The second-order valence-corrected chi connectivity index (χ2v) is 2.73. The van der Waals surface area contributed by atoms with E-state index in [9.17, 15) is 9.59 Å². The summed E-state index contributed by atoms with van der Waals surface area (Å²) >= 11 is 0. The van der Waals surface area contributed by atoms with E-state index in [2.05, 4.69) is 4.98 Å². The van der Waals surface area contributed by atoms with Gasteiger partial charge in [-0.15, -0.1) is 0 Å². The standard InChI is InChI=1S/C8H6N2O4/c9-4-2-10-7-3(6(4)11)1-5(14-7)8(12)13/h1-2H,9H2,(H,10,11)(H,12,13). The number of nitrogens with one attached hydrogen (secondary N) is 1. The van der Waals surface area contributed by atoms with Crippen LogP contribution in [0.15, 0.2) is 21.5 Å². The van der Waals surface area contributed by atoms with Crippen LogP contribution in [0.25, 0.3) is 11.1 Å². The van der Waals surface area contributed by atoms with Crippen molar-refractivity contribution >= 4 is 22.8 Å². The summed E-state index contributed by atoms with van der Waals surface area (Å²) in [4.78, 5) is 24.5. The Morgan fingerprint density at radius 2 is 2.29 bits per heavy atom. The summed E-state index contributed by atoms with van der Waals surface area (Å²) < 4.78 is 4.85. The number of anilines is 1. The highest BCUT2D eigenvalue weighted by atomic mass is 16.4. The van der Waals surface area contributed by atoms with E-state index in [1.807, 2.05) is 0 Å². The zero-order valence-corrected chi connectivity index (χ0v) is 6.90. The number of H-pyrrole nitrogens is 1. The molecule has 2 aromatic rings. The van der Waals surface area contributed by atoms with Crippen molar-refractivity contribution in [1.82, 2.24) is 4.98 Å². The Balaban J connectivity index is 2.84. The Morgan fingerprint density at radius 1 is 1.57 bits per heavy atom. The number of fused-ring (bicyclic) bond motifs is 1. The van der Waals surface area contributed by atoms with E-state index >= 15 is 0 Å². The largest absolute Gasteiger partial charge is 0.475 e. The monoisotopic (exact) mass is 194 g/mol. The maximum Gasteiger partial charge on any atom is 0.371 e. The zero-order chi connectivity index (χ0) is 10.3. The number of nitrogens with two attached hydrogens (primary N) is 1. The molecule has 2 rings (SSSR count). The summed E-state index contributed by atoms with van der Waals surface area (Å²) in [6.45, 7) is 0. The van der Waals surface area contributed by atoms with Crippen LogP contribution in [-0.2, 0) is 0 Å². The minimum absolute atomic E-state index is 0.0234. The fourth-order valence-electron chi connectivity index (χ4n) is 1.14. The summed E-state index contributed by atoms with van der Waals surface area (Å²) in [5, 5.41) is 8.75. The second kappa shape index (κ2) is 2.63. The molecule has 0 spiro atoms. The second-order valence-electron chi connectivity index (χ2n) is 2.73. The van der Waals surface area contributed by atoms with E-state index < -0.39 is 11.4 Å². The van der Waals surface area contributed by atoms with E-state index in [4.69, 9.17) is 15.3 Å². The van der Waals surface area contributed by atoms with Gasteiger partial charge in [-0.25, -0.2) is 4.79 Å². The predicted molar refractivity (Wildman–Crippen MR) is 48.2 cm³/mol. The number of carboxylic acids is 1.